The molecule has 4 aromatic carbocycles. The zero-order valence-corrected chi connectivity index (χ0v) is 19.5. The summed E-state index contributed by atoms with van der Waals surface area (Å²) < 4.78 is 0. The highest BCUT2D eigenvalue weighted by molar-refractivity contribution is 7.81. The minimum Gasteiger partial charge on any atom is -0.320 e. The molecule has 1 nitrogen and oxygen atoms in total. The number of thiocarbonyl (C=S) groups is 1. The molecule has 158 valence electrons. The van der Waals surface area contributed by atoms with E-state index in [0.29, 0.717) is 0 Å². The lowest BCUT2D eigenvalue weighted by molar-refractivity contribution is 0.880. The van der Waals surface area contributed by atoms with Crippen LogP contribution in [-0.4, -0.2) is 4.99 Å². The van der Waals surface area contributed by atoms with Crippen LogP contribution >= 0.6 is 23.6 Å². The Labute approximate surface area is 203 Å². The van der Waals surface area contributed by atoms with Crippen molar-refractivity contribution in [1.29, 1.82) is 0 Å². The largest absolute Gasteiger partial charge is 0.320 e. The van der Waals surface area contributed by atoms with Crippen molar-refractivity contribution in [3.05, 3.63) is 138 Å². The Hall–Kier alpha value is -3.53. The summed E-state index contributed by atoms with van der Waals surface area (Å²) >= 11 is 8.09. The minimum absolute atomic E-state index is 0.0278. The van der Waals surface area contributed by atoms with E-state index in [1.54, 1.807) is 0 Å². The highest BCUT2D eigenvalue weighted by Crippen LogP contribution is 2.53. The van der Waals surface area contributed by atoms with Crippen LogP contribution in [0.1, 0.15) is 22.7 Å². The molecule has 0 aliphatic carbocycles. The van der Waals surface area contributed by atoms with Gasteiger partial charge in [-0.3, -0.25) is 0 Å². The summed E-state index contributed by atoms with van der Waals surface area (Å²) in [6.45, 7) is 0. The first-order valence-electron chi connectivity index (χ1n) is 11.0. The number of hydrogen-bond donors (Lipinski definition) is 0. The van der Waals surface area contributed by atoms with Crippen molar-refractivity contribution in [3.63, 3.8) is 0 Å². The Kier molecular flexibility index (Phi) is 5.14. The second kappa shape index (κ2) is 8.43. The molecule has 1 atom stereocenters. The van der Waals surface area contributed by atoms with Crippen LogP contribution in [0.15, 0.2) is 121 Å². The monoisotopic (exact) mass is 459 g/mol. The fourth-order valence-electron chi connectivity index (χ4n) is 4.69. The maximum Gasteiger partial charge on any atom is 0.116 e. The smallest absolute Gasteiger partial charge is 0.116 e. The fourth-order valence-corrected chi connectivity index (χ4v) is 6.52. The molecule has 33 heavy (non-hydrogen) atoms. The van der Waals surface area contributed by atoms with Crippen LogP contribution in [-0.2, 0) is 0 Å². The number of fused-ring (bicyclic) bond motifs is 1. The van der Waals surface area contributed by atoms with Gasteiger partial charge in [-0.2, -0.15) is 0 Å². The van der Waals surface area contributed by atoms with Gasteiger partial charge >= 0.3 is 0 Å². The Bertz CT molecular complexity index is 1410. The molecule has 1 aliphatic heterocycles. The second-order valence-corrected chi connectivity index (χ2v) is 9.51. The summed E-state index contributed by atoms with van der Waals surface area (Å²) in [6.07, 6.45) is 0. The van der Waals surface area contributed by atoms with Crippen LogP contribution in [0.3, 0.4) is 0 Å². The van der Waals surface area contributed by atoms with Gasteiger partial charge < -0.3 is 4.90 Å². The quantitative estimate of drug-likeness (QED) is 0.248. The van der Waals surface area contributed by atoms with E-state index in [4.69, 9.17) is 12.2 Å². The summed E-state index contributed by atoms with van der Waals surface area (Å²) in [5.41, 5.74) is 7.32. The number of benzene rings is 4. The SMILES string of the molecule is S=C1c2c(-c3ccccc3)sc(-c3ccccc3)c2C(c2ccccc2)N1c1ccccc1. The maximum atomic E-state index is 6.24. The predicted octanol–water partition coefficient (Wildman–Crippen LogP) is 8.37. The molecular formula is C30H21NS2. The Balaban J connectivity index is 1.67. The Morgan fingerprint density at radius 2 is 1.06 bits per heavy atom. The van der Waals surface area contributed by atoms with Gasteiger partial charge in [0.05, 0.1) is 6.04 Å². The molecule has 0 radical (unpaired) electrons. The average Bonchev–Trinajstić information content (AvgIpc) is 3.42. The van der Waals surface area contributed by atoms with E-state index in [9.17, 15) is 0 Å². The van der Waals surface area contributed by atoms with Crippen LogP contribution in [0.2, 0.25) is 0 Å². The van der Waals surface area contributed by atoms with Crippen molar-refractivity contribution in [2.24, 2.45) is 0 Å². The third kappa shape index (κ3) is 3.41. The lowest BCUT2D eigenvalue weighted by Gasteiger charge is -2.28. The van der Waals surface area contributed by atoms with E-state index in [2.05, 4.69) is 126 Å². The van der Waals surface area contributed by atoms with Gasteiger partial charge in [-0.1, -0.05) is 121 Å². The van der Waals surface area contributed by atoms with Gasteiger partial charge in [0.15, 0.2) is 0 Å². The molecule has 0 saturated heterocycles. The molecule has 5 aromatic rings. The molecule has 0 N–H and O–H groups in total. The zero-order chi connectivity index (χ0) is 22.2. The molecule has 1 unspecified atom stereocenters. The van der Waals surface area contributed by atoms with Crippen LogP contribution < -0.4 is 4.90 Å². The van der Waals surface area contributed by atoms with Crippen molar-refractivity contribution in [2.45, 2.75) is 6.04 Å². The van der Waals surface area contributed by atoms with Gasteiger partial charge in [0.2, 0.25) is 0 Å². The number of nitrogens with zero attached hydrogens (tertiary/aromatic N) is 1. The third-order valence-corrected chi connectivity index (χ3v) is 7.84. The van der Waals surface area contributed by atoms with E-state index in [1.165, 1.54) is 37.6 Å². The predicted molar refractivity (Wildman–Crippen MR) is 144 cm³/mol. The second-order valence-electron chi connectivity index (χ2n) is 8.10. The standard InChI is InChI=1S/C30H21NS2/c32-30-26-25(27(21-13-5-1-6-14-21)31(30)24-19-11-4-12-20-24)28(22-15-7-2-8-16-22)33-29(26)23-17-9-3-10-18-23/h1-20,27H. The van der Waals surface area contributed by atoms with Crippen LogP contribution in [0.4, 0.5) is 5.69 Å². The summed E-state index contributed by atoms with van der Waals surface area (Å²) in [4.78, 5) is 5.76. The molecule has 0 spiro atoms. The van der Waals surface area contributed by atoms with Crippen LogP contribution in [0.5, 0.6) is 0 Å². The normalized spacial score (nSPS) is 15.0. The number of anilines is 1. The van der Waals surface area contributed by atoms with Crippen molar-refractivity contribution < 1.29 is 0 Å². The minimum atomic E-state index is 0.0278. The van der Waals surface area contributed by atoms with Gasteiger partial charge in [-0.15, -0.1) is 11.3 Å². The van der Waals surface area contributed by atoms with E-state index in [0.717, 1.165) is 10.7 Å². The maximum absolute atomic E-state index is 6.24. The van der Waals surface area contributed by atoms with Gasteiger partial charge in [0.1, 0.15) is 4.99 Å². The van der Waals surface area contributed by atoms with Gasteiger partial charge in [0, 0.05) is 26.6 Å². The lowest BCUT2D eigenvalue weighted by atomic mass is 9.95. The Morgan fingerprint density at radius 1 is 0.576 bits per heavy atom. The summed E-state index contributed by atoms with van der Waals surface area (Å²) in [6, 6.07) is 42.7. The fraction of sp³-hybridized carbons (Fsp3) is 0.0333. The van der Waals surface area contributed by atoms with Gasteiger partial charge in [-0.25, -0.2) is 0 Å². The molecule has 0 bridgehead atoms. The van der Waals surface area contributed by atoms with Gasteiger partial charge in [-0.05, 0) is 28.8 Å². The number of rotatable bonds is 4. The zero-order valence-electron chi connectivity index (χ0n) is 17.9. The van der Waals surface area contributed by atoms with Crippen molar-refractivity contribution in [1.82, 2.24) is 0 Å². The number of thiophene rings is 1. The third-order valence-electron chi connectivity index (χ3n) is 6.13. The molecule has 1 aromatic heterocycles. The first-order valence-corrected chi connectivity index (χ1v) is 12.3. The Morgan fingerprint density at radius 3 is 1.64 bits per heavy atom. The summed E-state index contributed by atoms with van der Waals surface area (Å²) in [5, 5.41) is 0. The molecule has 0 amide bonds. The highest BCUT2D eigenvalue weighted by atomic mass is 32.1. The topological polar surface area (TPSA) is 3.24 Å². The van der Waals surface area contributed by atoms with Crippen LogP contribution in [0, 0.1) is 0 Å². The lowest BCUT2D eigenvalue weighted by Crippen LogP contribution is -2.28. The molecular weight excluding hydrogens is 438 g/mol. The first-order chi connectivity index (χ1) is 16.3. The van der Waals surface area contributed by atoms with E-state index >= 15 is 0 Å². The van der Waals surface area contributed by atoms with Crippen LogP contribution in [0.25, 0.3) is 20.9 Å². The van der Waals surface area contributed by atoms with Crippen molar-refractivity contribution in [3.8, 4) is 20.9 Å². The average molecular weight is 460 g/mol. The van der Waals surface area contributed by atoms with Crippen molar-refractivity contribution >= 4 is 34.2 Å². The van der Waals surface area contributed by atoms with Gasteiger partial charge in [0.25, 0.3) is 0 Å². The van der Waals surface area contributed by atoms with E-state index < -0.39 is 0 Å². The molecule has 0 fully saturated rings. The first kappa shape index (κ1) is 20.1. The molecule has 1 aliphatic rings. The van der Waals surface area contributed by atoms with E-state index in [1.807, 2.05) is 11.3 Å². The van der Waals surface area contributed by atoms with Crippen molar-refractivity contribution in [2.75, 3.05) is 4.90 Å². The highest BCUT2D eigenvalue weighted by Gasteiger charge is 2.41. The summed E-state index contributed by atoms with van der Waals surface area (Å²) in [7, 11) is 0. The molecule has 3 heteroatoms. The molecule has 6 rings (SSSR count). The molecule has 0 saturated carbocycles. The van der Waals surface area contributed by atoms with E-state index in [-0.39, 0.29) is 6.04 Å². The summed E-state index contributed by atoms with van der Waals surface area (Å²) in [5.74, 6) is 0. The molecule has 2 heterocycles. The number of para-hydroxylation sites is 1. The number of hydrogen-bond acceptors (Lipinski definition) is 2.